The summed E-state index contributed by atoms with van der Waals surface area (Å²) in [6, 6.07) is 13.1. The third kappa shape index (κ3) is 5.55. The van der Waals surface area contributed by atoms with E-state index in [4.69, 9.17) is 5.73 Å². The van der Waals surface area contributed by atoms with Gasteiger partial charge in [-0.25, -0.2) is 0 Å². The lowest BCUT2D eigenvalue weighted by atomic mass is 9.88. The van der Waals surface area contributed by atoms with Crippen LogP contribution >= 0.6 is 0 Å². The van der Waals surface area contributed by atoms with E-state index < -0.39 is 11.6 Å². The Kier molecular flexibility index (Phi) is 7.02. The minimum Gasteiger partial charge on any atom is -0.342 e. The molecule has 160 valence electrons. The zero-order valence-electron chi connectivity index (χ0n) is 17.2. The van der Waals surface area contributed by atoms with Gasteiger partial charge in [-0.15, -0.1) is 0 Å². The predicted molar refractivity (Wildman–Crippen MR) is 115 cm³/mol. The van der Waals surface area contributed by atoms with Crippen LogP contribution in [0.4, 0.5) is 0 Å². The van der Waals surface area contributed by atoms with E-state index >= 15 is 0 Å². The first-order chi connectivity index (χ1) is 14.4. The fraction of sp³-hybridized carbons (Fsp3) is 0.409. The van der Waals surface area contributed by atoms with Gasteiger partial charge in [0.15, 0.2) is 0 Å². The quantitative estimate of drug-likeness (QED) is 0.415. The molecule has 30 heavy (non-hydrogen) atoms. The number of hydrogen-bond acceptors (Lipinski definition) is 5. The molecule has 8 nitrogen and oxygen atoms in total. The summed E-state index contributed by atoms with van der Waals surface area (Å²) in [7, 11) is 0. The van der Waals surface area contributed by atoms with E-state index in [1.807, 2.05) is 42.5 Å². The van der Waals surface area contributed by atoms with Crippen LogP contribution in [0.2, 0.25) is 0 Å². The fourth-order valence-corrected chi connectivity index (χ4v) is 3.59. The second-order valence-corrected chi connectivity index (χ2v) is 7.77. The van der Waals surface area contributed by atoms with Crippen LogP contribution in [0.25, 0.3) is 10.8 Å². The van der Waals surface area contributed by atoms with E-state index in [1.54, 1.807) is 0 Å². The van der Waals surface area contributed by atoms with Crippen LogP contribution in [0.5, 0.6) is 0 Å². The molecule has 0 bridgehead atoms. The van der Waals surface area contributed by atoms with Crippen LogP contribution in [0.3, 0.4) is 0 Å². The Morgan fingerprint density at radius 2 is 1.77 bits per heavy atom. The molecule has 2 aromatic rings. The number of piperidine rings is 1. The average Bonchev–Trinajstić information content (AvgIpc) is 2.73. The zero-order valence-corrected chi connectivity index (χ0v) is 17.2. The Labute approximate surface area is 176 Å². The second-order valence-electron chi connectivity index (χ2n) is 7.77. The smallest absolute Gasteiger partial charge is 0.244 e. The van der Waals surface area contributed by atoms with Crippen LogP contribution < -0.4 is 27.0 Å². The van der Waals surface area contributed by atoms with E-state index in [-0.39, 0.29) is 24.4 Å². The van der Waals surface area contributed by atoms with Crippen molar-refractivity contribution in [1.82, 2.24) is 21.3 Å². The van der Waals surface area contributed by atoms with E-state index in [2.05, 4.69) is 21.3 Å². The summed E-state index contributed by atoms with van der Waals surface area (Å²) in [5.41, 5.74) is 6.24. The number of amides is 3. The highest BCUT2D eigenvalue weighted by molar-refractivity contribution is 5.92. The second kappa shape index (κ2) is 9.69. The number of fused-ring (bicyclic) bond motifs is 1. The van der Waals surface area contributed by atoms with Crippen molar-refractivity contribution < 1.29 is 14.4 Å². The molecule has 0 aliphatic carbocycles. The first-order valence-corrected chi connectivity index (χ1v) is 10.2. The molecule has 0 unspecified atom stereocenters. The SMILES string of the molecule is CC(=O)NCNC(=O)[C@@H](Cc1ccc2ccccc2c1)NC(=O)C1(N)CCNCC1. The maximum absolute atomic E-state index is 12.9. The van der Waals surface area contributed by atoms with E-state index in [1.165, 1.54) is 6.92 Å². The van der Waals surface area contributed by atoms with Crippen molar-refractivity contribution in [2.24, 2.45) is 5.73 Å². The van der Waals surface area contributed by atoms with Gasteiger partial charge >= 0.3 is 0 Å². The summed E-state index contributed by atoms with van der Waals surface area (Å²) >= 11 is 0. The van der Waals surface area contributed by atoms with Gasteiger partial charge < -0.3 is 27.0 Å². The Balaban J connectivity index is 1.75. The molecule has 1 fully saturated rings. The largest absolute Gasteiger partial charge is 0.342 e. The van der Waals surface area contributed by atoms with Gasteiger partial charge in [-0.1, -0.05) is 42.5 Å². The monoisotopic (exact) mass is 411 g/mol. The minimum absolute atomic E-state index is 0.00402. The van der Waals surface area contributed by atoms with Gasteiger partial charge in [-0.2, -0.15) is 0 Å². The topological polar surface area (TPSA) is 125 Å². The first kappa shape index (κ1) is 21.7. The molecular formula is C22H29N5O3. The van der Waals surface area contributed by atoms with Gasteiger partial charge in [0.25, 0.3) is 0 Å². The highest BCUT2D eigenvalue weighted by atomic mass is 16.2. The summed E-state index contributed by atoms with van der Waals surface area (Å²) in [5.74, 6) is -0.951. The molecule has 0 radical (unpaired) electrons. The Hall–Kier alpha value is -2.97. The first-order valence-electron chi connectivity index (χ1n) is 10.2. The molecular weight excluding hydrogens is 382 g/mol. The maximum Gasteiger partial charge on any atom is 0.244 e. The number of nitrogens with one attached hydrogen (secondary N) is 4. The van der Waals surface area contributed by atoms with Crippen molar-refractivity contribution in [2.45, 2.75) is 37.8 Å². The molecule has 0 spiro atoms. The highest BCUT2D eigenvalue weighted by Gasteiger charge is 2.37. The van der Waals surface area contributed by atoms with Crippen molar-refractivity contribution in [1.29, 1.82) is 0 Å². The highest BCUT2D eigenvalue weighted by Crippen LogP contribution is 2.18. The van der Waals surface area contributed by atoms with Gasteiger partial charge in [0.05, 0.1) is 12.2 Å². The van der Waals surface area contributed by atoms with Crippen LogP contribution in [0.15, 0.2) is 42.5 Å². The molecule has 1 heterocycles. The summed E-state index contributed by atoms with van der Waals surface area (Å²) in [6.45, 7) is 2.69. The third-order valence-electron chi connectivity index (χ3n) is 5.42. The van der Waals surface area contributed by atoms with Gasteiger partial charge in [-0.3, -0.25) is 14.4 Å². The lowest BCUT2D eigenvalue weighted by Gasteiger charge is -2.33. The van der Waals surface area contributed by atoms with E-state index in [9.17, 15) is 14.4 Å². The van der Waals surface area contributed by atoms with Crippen LogP contribution in [-0.4, -0.2) is 49.1 Å². The molecule has 3 amide bonds. The van der Waals surface area contributed by atoms with Gasteiger partial charge in [0.2, 0.25) is 17.7 Å². The number of nitrogens with two attached hydrogens (primary N) is 1. The summed E-state index contributed by atoms with van der Waals surface area (Å²) in [6.07, 6.45) is 1.33. The van der Waals surface area contributed by atoms with E-state index in [0.29, 0.717) is 32.4 Å². The van der Waals surface area contributed by atoms with Crippen molar-refractivity contribution in [3.63, 3.8) is 0 Å². The number of carbonyl (C=O) groups is 3. The standard InChI is InChI=1S/C22H29N5O3/c1-15(28)25-14-26-20(29)19(27-21(30)22(23)8-10-24-11-9-22)13-16-6-7-17-4-2-3-5-18(17)12-16/h2-7,12,19,24H,8-11,13-14,23H2,1H3,(H,25,28)(H,26,29)(H,27,30)/t19-/m1/s1. The van der Waals surface area contributed by atoms with Crippen molar-refractivity contribution >= 4 is 28.5 Å². The summed E-state index contributed by atoms with van der Waals surface area (Å²) in [4.78, 5) is 36.8. The van der Waals surface area contributed by atoms with Crippen LogP contribution in [0.1, 0.15) is 25.3 Å². The molecule has 6 N–H and O–H groups in total. The Morgan fingerprint density at radius 3 is 2.47 bits per heavy atom. The van der Waals surface area contributed by atoms with Gasteiger partial charge in [-0.05, 0) is 42.3 Å². The van der Waals surface area contributed by atoms with Crippen molar-refractivity contribution in [2.75, 3.05) is 19.8 Å². The molecule has 1 aliphatic heterocycles. The summed E-state index contributed by atoms with van der Waals surface area (Å²) in [5, 5.41) is 13.4. The number of carbonyl (C=O) groups excluding carboxylic acids is 3. The molecule has 3 rings (SSSR count). The third-order valence-corrected chi connectivity index (χ3v) is 5.42. The Bertz CT molecular complexity index is 924. The van der Waals surface area contributed by atoms with Crippen LogP contribution in [-0.2, 0) is 20.8 Å². The lowest BCUT2D eigenvalue weighted by molar-refractivity contribution is -0.132. The molecule has 2 aromatic carbocycles. The zero-order chi connectivity index (χ0) is 21.6. The van der Waals surface area contributed by atoms with Gasteiger partial charge in [0, 0.05) is 13.3 Å². The fourth-order valence-electron chi connectivity index (χ4n) is 3.59. The molecule has 1 atom stereocenters. The van der Waals surface area contributed by atoms with Crippen molar-refractivity contribution in [3.8, 4) is 0 Å². The lowest BCUT2D eigenvalue weighted by Crippen LogP contribution is -2.62. The predicted octanol–water partition coefficient (Wildman–Crippen LogP) is 0.158. The van der Waals surface area contributed by atoms with Gasteiger partial charge in [0.1, 0.15) is 6.04 Å². The molecule has 1 saturated heterocycles. The molecule has 0 aromatic heterocycles. The normalized spacial score (nSPS) is 16.5. The maximum atomic E-state index is 12.9. The number of benzene rings is 2. The number of rotatable bonds is 7. The minimum atomic E-state index is -0.995. The number of hydrogen-bond donors (Lipinski definition) is 5. The van der Waals surface area contributed by atoms with Crippen LogP contribution in [0, 0.1) is 0 Å². The Morgan fingerprint density at radius 1 is 1.07 bits per heavy atom. The van der Waals surface area contributed by atoms with E-state index in [0.717, 1.165) is 16.3 Å². The molecule has 1 aliphatic rings. The van der Waals surface area contributed by atoms with Crippen molar-refractivity contribution in [3.05, 3.63) is 48.0 Å². The molecule has 0 saturated carbocycles. The summed E-state index contributed by atoms with van der Waals surface area (Å²) < 4.78 is 0. The molecule has 8 heteroatoms. The average molecular weight is 412 g/mol.